The van der Waals surface area contributed by atoms with Crippen molar-refractivity contribution in [2.75, 3.05) is 6.61 Å². The molecular weight excluding hydrogens is 220 g/mol. The molecule has 0 amide bonds. The van der Waals surface area contributed by atoms with Gasteiger partial charge < -0.3 is 5.11 Å². The van der Waals surface area contributed by atoms with Gasteiger partial charge in [-0.2, -0.15) is 0 Å². The van der Waals surface area contributed by atoms with E-state index in [1.807, 2.05) is 0 Å². The largest absolute Gasteiger partial charge is 0.396 e. The third-order valence-corrected chi connectivity index (χ3v) is 7.24. The van der Waals surface area contributed by atoms with Gasteiger partial charge in [-0.05, 0) is 80.0 Å². The molecule has 5 fully saturated rings. The van der Waals surface area contributed by atoms with E-state index >= 15 is 0 Å². The third-order valence-electron chi connectivity index (χ3n) is 7.24. The molecule has 1 nitrogen and oxygen atoms in total. The van der Waals surface area contributed by atoms with Crippen molar-refractivity contribution in [1.82, 2.24) is 0 Å². The van der Waals surface area contributed by atoms with Crippen LogP contribution >= 0.6 is 0 Å². The Morgan fingerprint density at radius 3 is 2.39 bits per heavy atom. The van der Waals surface area contributed by atoms with E-state index in [0.29, 0.717) is 12.5 Å². The van der Waals surface area contributed by atoms with E-state index in [0.717, 1.165) is 35.5 Å². The van der Waals surface area contributed by atoms with Gasteiger partial charge in [-0.1, -0.05) is 19.3 Å². The molecule has 0 aromatic heterocycles. The van der Waals surface area contributed by atoms with Gasteiger partial charge in [-0.3, -0.25) is 0 Å². The number of hydrogen-bond donors (Lipinski definition) is 1. The van der Waals surface area contributed by atoms with Crippen LogP contribution in [0.25, 0.3) is 0 Å². The minimum absolute atomic E-state index is 0.474. The number of hydrogen-bond acceptors (Lipinski definition) is 1. The molecular formula is C17H28O. The zero-order chi connectivity index (χ0) is 12.1. The van der Waals surface area contributed by atoms with Crippen molar-refractivity contribution in [2.45, 2.75) is 57.8 Å². The predicted octanol–water partition coefficient (Wildman–Crippen LogP) is 3.86. The lowest BCUT2D eigenvalue weighted by atomic mass is 9.63. The molecule has 1 N–H and O–H groups in total. The lowest BCUT2D eigenvalue weighted by Gasteiger charge is -2.42. The fourth-order valence-electron chi connectivity index (χ4n) is 6.66. The maximum atomic E-state index is 9.72. The van der Waals surface area contributed by atoms with Gasteiger partial charge in [0.15, 0.2) is 0 Å². The maximum Gasteiger partial charge on any atom is 0.0462 e. The van der Waals surface area contributed by atoms with Crippen LogP contribution in [0.1, 0.15) is 57.8 Å². The molecule has 7 atom stereocenters. The molecule has 2 bridgehead atoms. The van der Waals surface area contributed by atoms with Crippen LogP contribution in [0.5, 0.6) is 0 Å². The van der Waals surface area contributed by atoms with Crippen molar-refractivity contribution < 1.29 is 5.11 Å². The Bertz CT molecular complexity index is 313. The highest BCUT2D eigenvalue weighted by Gasteiger charge is 2.53. The van der Waals surface area contributed by atoms with E-state index in [-0.39, 0.29) is 0 Å². The molecule has 5 rings (SSSR count). The topological polar surface area (TPSA) is 20.2 Å². The van der Waals surface area contributed by atoms with Crippen LogP contribution in [0.2, 0.25) is 0 Å². The van der Waals surface area contributed by atoms with Crippen LogP contribution in [0.3, 0.4) is 0 Å². The first-order chi connectivity index (χ1) is 8.88. The Hall–Kier alpha value is -0.0400. The summed E-state index contributed by atoms with van der Waals surface area (Å²) < 4.78 is 0. The van der Waals surface area contributed by atoms with Crippen LogP contribution < -0.4 is 0 Å². The van der Waals surface area contributed by atoms with E-state index < -0.39 is 0 Å². The van der Waals surface area contributed by atoms with Gasteiger partial charge in [0.2, 0.25) is 0 Å². The highest BCUT2D eigenvalue weighted by molar-refractivity contribution is 5.02. The quantitative estimate of drug-likeness (QED) is 0.747. The summed E-state index contributed by atoms with van der Waals surface area (Å²) in [4.78, 5) is 0. The zero-order valence-electron chi connectivity index (χ0n) is 11.6. The highest BCUT2D eigenvalue weighted by atomic mass is 16.3. The molecule has 0 saturated heterocycles. The molecule has 102 valence electrons. The lowest BCUT2D eigenvalue weighted by Crippen LogP contribution is -2.36. The van der Waals surface area contributed by atoms with Crippen molar-refractivity contribution >= 4 is 0 Å². The molecule has 18 heavy (non-hydrogen) atoms. The average Bonchev–Trinajstić information content (AvgIpc) is 2.71. The van der Waals surface area contributed by atoms with E-state index in [4.69, 9.17) is 0 Å². The van der Waals surface area contributed by atoms with Gasteiger partial charge in [-0.15, -0.1) is 0 Å². The van der Waals surface area contributed by atoms with Gasteiger partial charge >= 0.3 is 0 Å². The second-order valence-electron chi connectivity index (χ2n) is 7.71. The van der Waals surface area contributed by atoms with Crippen molar-refractivity contribution in [2.24, 2.45) is 41.4 Å². The molecule has 0 aromatic rings. The Morgan fingerprint density at radius 2 is 1.50 bits per heavy atom. The summed E-state index contributed by atoms with van der Waals surface area (Å²) >= 11 is 0. The first-order valence-corrected chi connectivity index (χ1v) is 8.49. The standard InChI is InChI=1S/C17H28O/c18-10-13-6-7-15-12-5-8-16(17(13)15)14-4-2-1-3-11(14)9-12/h11-18H,1-10H2. The summed E-state index contributed by atoms with van der Waals surface area (Å²) in [6.07, 6.45) is 13.4. The first-order valence-electron chi connectivity index (χ1n) is 8.49. The van der Waals surface area contributed by atoms with Gasteiger partial charge in [0.05, 0.1) is 0 Å². The first kappa shape index (κ1) is 11.8. The predicted molar refractivity (Wildman–Crippen MR) is 73.1 cm³/mol. The van der Waals surface area contributed by atoms with E-state index in [1.54, 1.807) is 6.42 Å². The smallest absolute Gasteiger partial charge is 0.0462 e. The van der Waals surface area contributed by atoms with Gasteiger partial charge in [0.1, 0.15) is 0 Å². The maximum absolute atomic E-state index is 9.72. The Labute approximate surface area is 111 Å². The third kappa shape index (κ3) is 1.62. The van der Waals surface area contributed by atoms with Crippen LogP contribution in [0, 0.1) is 41.4 Å². The number of fused-ring (bicyclic) bond motifs is 1. The minimum Gasteiger partial charge on any atom is -0.396 e. The molecule has 7 unspecified atom stereocenters. The van der Waals surface area contributed by atoms with Gasteiger partial charge in [0, 0.05) is 6.61 Å². The fourth-order valence-corrected chi connectivity index (χ4v) is 6.66. The molecule has 1 heteroatoms. The number of rotatable bonds is 1. The fraction of sp³-hybridized carbons (Fsp3) is 1.00. The molecule has 5 saturated carbocycles. The van der Waals surface area contributed by atoms with Crippen LogP contribution in [-0.2, 0) is 0 Å². The summed E-state index contributed by atoms with van der Waals surface area (Å²) in [5.74, 6) is 6.75. The van der Waals surface area contributed by atoms with Crippen molar-refractivity contribution in [1.29, 1.82) is 0 Å². The minimum atomic E-state index is 0.474. The van der Waals surface area contributed by atoms with Gasteiger partial charge in [0.25, 0.3) is 0 Å². The van der Waals surface area contributed by atoms with Crippen molar-refractivity contribution in [3.63, 3.8) is 0 Å². The monoisotopic (exact) mass is 248 g/mol. The molecule has 0 spiro atoms. The Balaban J connectivity index is 1.67. The zero-order valence-corrected chi connectivity index (χ0v) is 11.6. The van der Waals surface area contributed by atoms with Gasteiger partial charge in [-0.25, -0.2) is 0 Å². The summed E-state index contributed by atoms with van der Waals surface area (Å²) in [7, 11) is 0. The van der Waals surface area contributed by atoms with E-state index in [1.165, 1.54) is 51.4 Å². The molecule has 0 aromatic carbocycles. The Morgan fingerprint density at radius 1 is 0.722 bits per heavy atom. The Kier molecular flexibility index (Phi) is 2.94. The molecule has 5 aliphatic rings. The van der Waals surface area contributed by atoms with Crippen LogP contribution in [0.4, 0.5) is 0 Å². The number of aliphatic hydroxyl groups is 1. The summed E-state index contributed by atoms with van der Waals surface area (Å²) in [6, 6.07) is 0. The SMILES string of the molecule is OCC1CCC2C3CCC(C4CCCCC4C3)C12. The molecule has 0 aliphatic heterocycles. The van der Waals surface area contributed by atoms with Crippen molar-refractivity contribution in [3.05, 3.63) is 0 Å². The van der Waals surface area contributed by atoms with E-state index in [9.17, 15) is 5.11 Å². The average molecular weight is 248 g/mol. The normalized spacial score (nSPS) is 54.8. The molecule has 0 heterocycles. The van der Waals surface area contributed by atoms with Crippen LogP contribution in [-0.4, -0.2) is 11.7 Å². The summed E-state index contributed by atoms with van der Waals surface area (Å²) in [6.45, 7) is 0.474. The van der Waals surface area contributed by atoms with E-state index in [2.05, 4.69) is 0 Å². The van der Waals surface area contributed by atoms with Crippen molar-refractivity contribution in [3.8, 4) is 0 Å². The highest BCUT2D eigenvalue weighted by Crippen LogP contribution is 2.60. The second kappa shape index (κ2) is 4.51. The lowest BCUT2D eigenvalue weighted by molar-refractivity contribution is 0.0454. The van der Waals surface area contributed by atoms with Crippen LogP contribution in [0.15, 0.2) is 0 Å². The number of aliphatic hydroxyl groups excluding tert-OH is 1. The summed E-state index contributed by atoms with van der Waals surface area (Å²) in [5.41, 5.74) is 0. The molecule has 5 aliphatic carbocycles. The molecule has 0 radical (unpaired) electrons. The summed E-state index contributed by atoms with van der Waals surface area (Å²) in [5, 5.41) is 9.72. The second-order valence-corrected chi connectivity index (χ2v) is 7.71.